The van der Waals surface area contributed by atoms with Crippen molar-refractivity contribution < 1.29 is 27.6 Å². The predicted molar refractivity (Wildman–Crippen MR) is 145 cm³/mol. The van der Waals surface area contributed by atoms with Gasteiger partial charge >= 0.3 is 6.18 Å². The van der Waals surface area contributed by atoms with Crippen LogP contribution in [-0.4, -0.2) is 93.7 Å². The maximum atomic E-state index is 14.0. The lowest BCUT2D eigenvalue weighted by Gasteiger charge is -2.43. The van der Waals surface area contributed by atoms with Crippen molar-refractivity contribution in [1.29, 1.82) is 0 Å². The number of carbonyl (C=O) groups excluding carboxylic acids is 3. The molecule has 1 aromatic heterocycles. The van der Waals surface area contributed by atoms with Gasteiger partial charge in [0.1, 0.15) is 12.1 Å². The molecule has 0 bridgehead atoms. The maximum Gasteiger partial charge on any atom is 0.393 e. The molecule has 3 aliphatic heterocycles. The fourth-order valence-corrected chi connectivity index (χ4v) is 6.39. The molecule has 0 saturated carbocycles. The van der Waals surface area contributed by atoms with E-state index >= 15 is 0 Å². The van der Waals surface area contributed by atoms with Crippen LogP contribution in [0, 0.1) is 5.92 Å². The van der Waals surface area contributed by atoms with Crippen LogP contribution in [0.3, 0.4) is 0 Å². The first kappa shape index (κ1) is 27.1. The summed E-state index contributed by atoms with van der Waals surface area (Å²) >= 11 is 0. The van der Waals surface area contributed by atoms with Crippen molar-refractivity contribution in [3.8, 4) is 0 Å². The minimum Gasteiger partial charge on any atom is -0.341 e. The number of fused-ring (bicyclic) bond motifs is 1. The summed E-state index contributed by atoms with van der Waals surface area (Å²) in [5, 5.41) is 7.71. The second-order valence-corrected chi connectivity index (χ2v) is 11.1. The molecule has 4 heterocycles. The first-order valence-electron chi connectivity index (χ1n) is 13.8. The van der Waals surface area contributed by atoms with Crippen LogP contribution in [-0.2, 0) is 9.59 Å². The predicted octanol–water partition coefficient (Wildman–Crippen LogP) is 3.64. The number of hydrogen-bond donors (Lipinski definition) is 1. The molecule has 41 heavy (non-hydrogen) atoms. The second-order valence-electron chi connectivity index (χ2n) is 11.1. The largest absolute Gasteiger partial charge is 0.393 e. The summed E-state index contributed by atoms with van der Waals surface area (Å²) in [5.74, 6) is -2.38. The average Bonchev–Trinajstić information content (AvgIpc) is 3.56. The number of aromatic amines is 1. The molecule has 216 valence electrons. The van der Waals surface area contributed by atoms with Crippen LogP contribution < -0.4 is 4.90 Å². The van der Waals surface area contributed by atoms with Gasteiger partial charge in [0, 0.05) is 42.8 Å². The number of aromatic nitrogens is 2. The molecule has 1 spiro atoms. The van der Waals surface area contributed by atoms with E-state index in [9.17, 15) is 27.6 Å². The number of amides is 3. The van der Waals surface area contributed by atoms with Gasteiger partial charge in [0.2, 0.25) is 5.91 Å². The lowest BCUT2D eigenvalue weighted by Crippen LogP contribution is -2.57. The molecular weight excluding hydrogens is 537 g/mol. The van der Waals surface area contributed by atoms with E-state index in [1.54, 1.807) is 23.2 Å². The molecule has 0 unspecified atom stereocenters. The van der Waals surface area contributed by atoms with E-state index in [1.165, 1.54) is 9.80 Å². The Morgan fingerprint density at radius 1 is 1.02 bits per heavy atom. The maximum absolute atomic E-state index is 14.0. The molecule has 1 N–H and O–H groups in total. The number of anilines is 1. The van der Waals surface area contributed by atoms with E-state index in [-0.39, 0.29) is 51.0 Å². The minimum atomic E-state index is -4.35. The van der Waals surface area contributed by atoms with E-state index in [0.717, 1.165) is 16.6 Å². The van der Waals surface area contributed by atoms with Gasteiger partial charge in [-0.1, -0.05) is 18.2 Å². The number of H-pyrrole nitrogens is 1. The number of nitrogens with one attached hydrogen (secondary N) is 1. The Labute approximate surface area is 234 Å². The van der Waals surface area contributed by atoms with Gasteiger partial charge in [0.15, 0.2) is 0 Å². The number of hydrogen-bond acceptors (Lipinski definition) is 5. The van der Waals surface area contributed by atoms with Gasteiger partial charge in [0.25, 0.3) is 11.8 Å². The van der Waals surface area contributed by atoms with E-state index in [0.29, 0.717) is 31.5 Å². The molecular formula is C29H31F3N6O3. The fourth-order valence-electron chi connectivity index (χ4n) is 6.39. The van der Waals surface area contributed by atoms with Crippen LogP contribution in [0.4, 0.5) is 18.9 Å². The lowest BCUT2D eigenvalue weighted by molar-refractivity contribution is -0.188. The summed E-state index contributed by atoms with van der Waals surface area (Å²) in [6.07, 6.45) is -1.68. The number of para-hydroxylation sites is 1. The van der Waals surface area contributed by atoms with Crippen LogP contribution in [0.25, 0.3) is 10.9 Å². The number of carbonyl (C=O) groups is 3. The van der Waals surface area contributed by atoms with Crippen molar-refractivity contribution in [1.82, 2.24) is 24.9 Å². The number of rotatable bonds is 4. The van der Waals surface area contributed by atoms with Crippen LogP contribution >= 0.6 is 0 Å². The summed E-state index contributed by atoms with van der Waals surface area (Å²) in [6.45, 7) is 0.442. The molecule has 3 aliphatic rings. The monoisotopic (exact) mass is 568 g/mol. The van der Waals surface area contributed by atoms with Crippen LogP contribution in [0.5, 0.6) is 0 Å². The highest BCUT2D eigenvalue weighted by atomic mass is 19.4. The molecule has 6 rings (SSSR count). The highest BCUT2D eigenvalue weighted by molar-refractivity contribution is 5.99. The van der Waals surface area contributed by atoms with Crippen LogP contribution in [0.15, 0.2) is 54.7 Å². The normalized spacial score (nSPS) is 21.2. The SMILES string of the molecule is O=C(CN1CN(c2ccccc2)C2(CCN(C(=O)c3ccc4[nH]ncc4c3)CC2)C1=O)N1CCC[C@@H](C(F)(F)F)C1. The van der Waals surface area contributed by atoms with E-state index in [1.807, 2.05) is 41.3 Å². The topological polar surface area (TPSA) is 92.9 Å². The van der Waals surface area contributed by atoms with Gasteiger partial charge in [0.05, 0.1) is 24.3 Å². The first-order chi connectivity index (χ1) is 19.7. The van der Waals surface area contributed by atoms with Gasteiger partial charge in [-0.15, -0.1) is 0 Å². The molecule has 3 saturated heterocycles. The van der Waals surface area contributed by atoms with E-state index < -0.39 is 23.5 Å². The van der Waals surface area contributed by atoms with Crippen LogP contribution in [0.2, 0.25) is 0 Å². The molecule has 1 atom stereocenters. The standard InChI is InChI=1S/C29H31F3N6O3/c30-29(31,32)22-5-4-12-36(17-22)25(39)18-37-19-38(23-6-2-1-3-7-23)28(27(37)41)10-13-35(14-11-28)26(40)20-8-9-24-21(15-20)16-33-34-24/h1-3,6-9,15-16,22H,4-5,10-14,17-19H2,(H,33,34)/t22-/m1/s1. The molecule has 3 aromatic rings. The third-order valence-electron chi connectivity index (χ3n) is 8.71. The molecule has 2 aromatic carbocycles. The number of nitrogens with zero attached hydrogens (tertiary/aromatic N) is 5. The van der Waals surface area contributed by atoms with Crippen molar-refractivity contribution in [2.24, 2.45) is 5.92 Å². The average molecular weight is 569 g/mol. The van der Waals surface area contributed by atoms with Crippen molar-refractivity contribution in [3.05, 3.63) is 60.3 Å². The van der Waals surface area contributed by atoms with Crippen LogP contribution in [0.1, 0.15) is 36.0 Å². The van der Waals surface area contributed by atoms with E-state index in [2.05, 4.69) is 10.2 Å². The Bertz CT molecular complexity index is 1450. The number of likely N-dealkylation sites (tertiary alicyclic amines) is 2. The smallest absolute Gasteiger partial charge is 0.341 e. The number of alkyl halides is 3. The fraction of sp³-hybridized carbons (Fsp3) is 0.448. The second kappa shape index (κ2) is 10.4. The van der Waals surface area contributed by atoms with Crippen molar-refractivity contribution in [2.75, 3.05) is 44.3 Å². The Morgan fingerprint density at radius 3 is 2.51 bits per heavy atom. The first-order valence-corrected chi connectivity index (χ1v) is 13.8. The summed E-state index contributed by atoms with van der Waals surface area (Å²) < 4.78 is 40.0. The van der Waals surface area contributed by atoms with E-state index in [4.69, 9.17) is 0 Å². The summed E-state index contributed by atoms with van der Waals surface area (Å²) in [4.78, 5) is 46.9. The van der Waals surface area contributed by atoms with Gasteiger partial charge in [-0.25, -0.2) is 0 Å². The minimum absolute atomic E-state index is 0.00593. The molecule has 0 radical (unpaired) electrons. The molecule has 12 heteroatoms. The van der Waals surface area contributed by atoms with Gasteiger partial charge in [-0.2, -0.15) is 18.3 Å². The van der Waals surface area contributed by atoms with Gasteiger partial charge in [-0.05, 0) is 56.0 Å². The highest BCUT2D eigenvalue weighted by Crippen LogP contribution is 2.40. The van der Waals surface area contributed by atoms with Crippen molar-refractivity contribution in [3.63, 3.8) is 0 Å². The third-order valence-corrected chi connectivity index (χ3v) is 8.71. The zero-order valence-electron chi connectivity index (χ0n) is 22.4. The Kier molecular flexibility index (Phi) is 6.87. The lowest BCUT2D eigenvalue weighted by atomic mass is 9.85. The molecule has 9 nitrogen and oxygen atoms in total. The number of benzene rings is 2. The number of piperidine rings is 2. The Hall–Kier alpha value is -4.09. The molecule has 3 amide bonds. The Balaban J connectivity index is 1.19. The van der Waals surface area contributed by atoms with Crippen molar-refractivity contribution in [2.45, 2.75) is 37.4 Å². The third kappa shape index (κ3) is 5.00. The quantitative estimate of drug-likeness (QED) is 0.519. The molecule has 0 aliphatic carbocycles. The summed E-state index contributed by atoms with van der Waals surface area (Å²) in [7, 11) is 0. The summed E-state index contributed by atoms with van der Waals surface area (Å²) in [5.41, 5.74) is 1.24. The highest BCUT2D eigenvalue weighted by Gasteiger charge is 2.54. The summed E-state index contributed by atoms with van der Waals surface area (Å²) in [6, 6.07) is 14.8. The zero-order valence-corrected chi connectivity index (χ0v) is 22.4. The molecule has 3 fully saturated rings. The van der Waals surface area contributed by atoms with Gasteiger partial charge < -0.3 is 19.6 Å². The zero-order chi connectivity index (χ0) is 28.8. The van der Waals surface area contributed by atoms with Gasteiger partial charge in [-0.3, -0.25) is 19.5 Å². The Morgan fingerprint density at radius 2 is 1.78 bits per heavy atom. The van der Waals surface area contributed by atoms with Crippen molar-refractivity contribution >= 4 is 34.3 Å². The number of halogens is 3.